The number of alkyl halides is 4. The van der Waals surface area contributed by atoms with Gasteiger partial charge in [-0.05, 0) is 28.7 Å². The Hall–Kier alpha value is -0.600. The van der Waals surface area contributed by atoms with E-state index in [-0.39, 0.29) is 0 Å². The molecule has 0 bridgehead atoms. The monoisotopic (exact) mass is 335 g/mol. The molecule has 7 heteroatoms. The van der Waals surface area contributed by atoms with E-state index in [1.807, 2.05) is 0 Å². The zero-order chi connectivity index (χ0) is 11.6. The minimum atomic E-state index is -4.19. The van der Waals surface area contributed by atoms with Crippen molar-refractivity contribution in [1.29, 1.82) is 0 Å². The normalized spacial score (nSPS) is 12.1. The minimum Gasteiger partial charge on any atom is -0.308 e. The summed E-state index contributed by atoms with van der Waals surface area (Å²) in [7, 11) is 0. The van der Waals surface area contributed by atoms with Gasteiger partial charge in [0.05, 0.1) is 6.54 Å². The van der Waals surface area contributed by atoms with Gasteiger partial charge in [0, 0.05) is 15.8 Å². The van der Waals surface area contributed by atoms with Crippen LogP contribution in [-0.2, 0) is 6.54 Å². The second kappa shape index (κ2) is 4.50. The van der Waals surface area contributed by atoms with E-state index in [1.54, 1.807) is 22.6 Å². The van der Waals surface area contributed by atoms with Gasteiger partial charge in [-0.1, -0.05) is 0 Å². The van der Waals surface area contributed by atoms with Gasteiger partial charge in [0.15, 0.2) is 0 Å². The van der Waals surface area contributed by atoms with Gasteiger partial charge in [0.1, 0.15) is 0 Å². The van der Waals surface area contributed by atoms with Crippen LogP contribution in [0.25, 0.3) is 0 Å². The van der Waals surface area contributed by atoms with Gasteiger partial charge in [-0.3, -0.25) is 4.79 Å². The van der Waals surface area contributed by atoms with Crippen molar-refractivity contribution in [3.63, 3.8) is 0 Å². The maximum absolute atomic E-state index is 12.6. The molecular formula is C8H6F4INO. The summed E-state index contributed by atoms with van der Waals surface area (Å²) in [6.07, 6.45) is -2.67. The summed E-state index contributed by atoms with van der Waals surface area (Å²) < 4.78 is 50.1. The first-order valence-electron chi connectivity index (χ1n) is 3.85. The highest BCUT2D eigenvalue weighted by atomic mass is 127. The van der Waals surface area contributed by atoms with Gasteiger partial charge in [-0.25, -0.2) is 8.78 Å². The molecule has 1 aromatic rings. The van der Waals surface area contributed by atoms with Crippen LogP contribution in [0.1, 0.15) is 0 Å². The van der Waals surface area contributed by atoms with Crippen LogP contribution in [0.2, 0.25) is 0 Å². The number of hydrogen-bond donors (Lipinski definition) is 0. The molecule has 1 aromatic heterocycles. The third-order valence-corrected chi connectivity index (χ3v) is 2.29. The van der Waals surface area contributed by atoms with E-state index in [0.29, 0.717) is 8.14 Å². The third kappa shape index (κ3) is 3.18. The molecule has 84 valence electrons. The molecule has 0 amide bonds. The highest BCUT2D eigenvalue weighted by Gasteiger charge is 2.41. The summed E-state index contributed by atoms with van der Waals surface area (Å²) in [6, 6.07) is 2.48. The second-order valence-corrected chi connectivity index (χ2v) is 4.12. The average Bonchev–Trinajstić information content (AvgIpc) is 2.10. The van der Waals surface area contributed by atoms with Crippen molar-refractivity contribution in [3.05, 3.63) is 32.3 Å². The standard InChI is InChI=1S/C8H6F4INO/c9-7(10)8(11,12)4-14-3-5(13)1-2-6(14)15/h1-3,7H,4H2. The average molecular weight is 335 g/mol. The van der Waals surface area contributed by atoms with Crippen LogP contribution in [0.3, 0.4) is 0 Å². The third-order valence-electron chi connectivity index (χ3n) is 1.65. The molecule has 2 nitrogen and oxygen atoms in total. The van der Waals surface area contributed by atoms with Crippen molar-refractivity contribution >= 4 is 22.6 Å². The van der Waals surface area contributed by atoms with E-state index in [1.165, 1.54) is 6.07 Å². The van der Waals surface area contributed by atoms with Crippen molar-refractivity contribution in [3.8, 4) is 0 Å². The van der Waals surface area contributed by atoms with Crippen LogP contribution in [-0.4, -0.2) is 16.9 Å². The molecule has 0 spiro atoms. The quantitative estimate of drug-likeness (QED) is 0.614. The Morgan fingerprint density at radius 1 is 1.40 bits per heavy atom. The van der Waals surface area contributed by atoms with Crippen molar-refractivity contribution in [2.75, 3.05) is 0 Å². The predicted octanol–water partition coefficient (Wildman–Crippen LogP) is 2.35. The topological polar surface area (TPSA) is 22.0 Å². The summed E-state index contributed by atoms with van der Waals surface area (Å²) in [5, 5.41) is 0. The van der Waals surface area contributed by atoms with E-state index in [9.17, 15) is 22.4 Å². The fraction of sp³-hybridized carbons (Fsp3) is 0.375. The molecule has 0 atom stereocenters. The smallest absolute Gasteiger partial charge is 0.308 e. The first kappa shape index (κ1) is 12.5. The molecule has 0 saturated heterocycles. The summed E-state index contributed by atoms with van der Waals surface area (Å²) in [5.41, 5.74) is -0.726. The van der Waals surface area contributed by atoms with Crippen molar-refractivity contribution in [2.24, 2.45) is 0 Å². The first-order chi connectivity index (χ1) is 6.83. The zero-order valence-corrected chi connectivity index (χ0v) is 9.42. The van der Waals surface area contributed by atoms with E-state index >= 15 is 0 Å². The molecule has 1 heterocycles. The van der Waals surface area contributed by atoms with Gasteiger partial charge >= 0.3 is 12.3 Å². The molecule has 0 saturated carbocycles. The second-order valence-electron chi connectivity index (χ2n) is 2.88. The fourth-order valence-electron chi connectivity index (χ4n) is 0.922. The van der Waals surface area contributed by atoms with Crippen LogP contribution in [0, 0.1) is 3.57 Å². The largest absolute Gasteiger partial charge is 0.324 e. The minimum absolute atomic E-state index is 0.525. The molecular weight excluding hydrogens is 329 g/mol. The molecule has 0 unspecified atom stereocenters. The maximum atomic E-state index is 12.6. The number of aromatic nitrogens is 1. The highest BCUT2D eigenvalue weighted by molar-refractivity contribution is 14.1. The lowest BCUT2D eigenvalue weighted by atomic mass is 10.3. The molecule has 0 aliphatic rings. The Labute approximate surface area is 96.0 Å². The number of halogens is 5. The van der Waals surface area contributed by atoms with Crippen LogP contribution in [0.15, 0.2) is 23.1 Å². The van der Waals surface area contributed by atoms with Crippen molar-refractivity contribution in [2.45, 2.75) is 18.9 Å². The molecule has 0 aliphatic carbocycles. The van der Waals surface area contributed by atoms with Gasteiger partial charge in [0.2, 0.25) is 0 Å². The lowest BCUT2D eigenvalue weighted by Gasteiger charge is -2.16. The molecule has 0 radical (unpaired) electrons. The van der Waals surface area contributed by atoms with E-state index in [2.05, 4.69) is 0 Å². The van der Waals surface area contributed by atoms with Gasteiger partial charge in [-0.15, -0.1) is 0 Å². The number of hydrogen-bond acceptors (Lipinski definition) is 1. The molecule has 0 fully saturated rings. The molecule has 0 aliphatic heterocycles. The van der Waals surface area contributed by atoms with Gasteiger partial charge in [-0.2, -0.15) is 8.78 Å². The number of pyridine rings is 1. The van der Waals surface area contributed by atoms with E-state index in [4.69, 9.17) is 0 Å². The van der Waals surface area contributed by atoms with Gasteiger partial charge in [0.25, 0.3) is 5.56 Å². The summed E-state index contributed by atoms with van der Waals surface area (Å²) in [4.78, 5) is 11.1. The Bertz CT molecular complexity index is 404. The van der Waals surface area contributed by atoms with Crippen molar-refractivity contribution < 1.29 is 17.6 Å². The number of rotatable bonds is 3. The lowest BCUT2D eigenvalue weighted by Crippen LogP contribution is -2.36. The molecule has 0 aromatic carbocycles. The summed E-state index contributed by atoms with van der Waals surface area (Å²) in [5.74, 6) is -4.19. The first-order valence-corrected chi connectivity index (χ1v) is 4.93. The SMILES string of the molecule is O=c1ccc(I)cn1CC(F)(F)C(F)F. The Kier molecular flexibility index (Phi) is 3.74. The van der Waals surface area contributed by atoms with E-state index in [0.717, 1.165) is 12.3 Å². The van der Waals surface area contributed by atoms with Crippen LogP contribution < -0.4 is 5.56 Å². The predicted molar refractivity (Wildman–Crippen MR) is 54.4 cm³/mol. The van der Waals surface area contributed by atoms with Gasteiger partial charge < -0.3 is 4.57 Å². The van der Waals surface area contributed by atoms with Crippen LogP contribution in [0.4, 0.5) is 17.6 Å². The van der Waals surface area contributed by atoms with Crippen LogP contribution in [0.5, 0.6) is 0 Å². The molecule has 15 heavy (non-hydrogen) atoms. The fourth-order valence-corrected chi connectivity index (χ4v) is 1.44. The Morgan fingerprint density at radius 3 is 2.53 bits per heavy atom. The summed E-state index contributed by atoms with van der Waals surface area (Å²) >= 11 is 1.80. The zero-order valence-electron chi connectivity index (χ0n) is 7.26. The molecule has 0 N–H and O–H groups in total. The maximum Gasteiger partial charge on any atom is 0.324 e. The number of nitrogens with zero attached hydrogens (tertiary/aromatic N) is 1. The summed E-state index contributed by atoms with van der Waals surface area (Å²) in [6.45, 7) is -1.31. The van der Waals surface area contributed by atoms with E-state index < -0.39 is 24.5 Å². The Morgan fingerprint density at radius 2 is 2.00 bits per heavy atom. The Balaban J connectivity index is 2.99. The highest BCUT2D eigenvalue weighted by Crippen LogP contribution is 2.24. The van der Waals surface area contributed by atoms with Crippen molar-refractivity contribution in [1.82, 2.24) is 4.57 Å². The molecule has 1 rings (SSSR count). The lowest BCUT2D eigenvalue weighted by molar-refractivity contribution is -0.138. The van der Waals surface area contributed by atoms with Crippen LogP contribution >= 0.6 is 22.6 Å².